The van der Waals surface area contributed by atoms with Crippen molar-refractivity contribution < 1.29 is 8.42 Å². The van der Waals surface area contributed by atoms with Crippen molar-refractivity contribution in [1.82, 2.24) is 14.6 Å². The lowest BCUT2D eigenvalue weighted by molar-refractivity contribution is 0.600. The van der Waals surface area contributed by atoms with E-state index < -0.39 is 10.0 Å². The van der Waals surface area contributed by atoms with E-state index in [1.807, 2.05) is 18.4 Å². The minimum absolute atomic E-state index is 0.00170. The first kappa shape index (κ1) is 19.2. The van der Waals surface area contributed by atoms with Gasteiger partial charge in [0.15, 0.2) is 0 Å². The monoisotopic (exact) mass is 452 g/mol. The third kappa shape index (κ3) is 3.48. The normalized spacial score (nSPS) is 11.9. The standard InChI is InChI=1S/C18H14Cl2N4O2S2/c1-10-3-6-16(11(2)7-10)28(25,26)23-17-21-18-24(22-17)15(9-27-18)13-5-4-12(19)8-14(13)20/h3-9H,1-2H3,(H,22,23). The van der Waals surface area contributed by atoms with Gasteiger partial charge in [-0.25, -0.2) is 17.7 Å². The van der Waals surface area contributed by atoms with Gasteiger partial charge in [0.2, 0.25) is 4.96 Å². The molecule has 0 radical (unpaired) electrons. The SMILES string of the molecule is Cc1ccc(S(=O)(=O)Nc2nc3scc(-c4ccc(Cl)cc4Cl)n3n2)c(C)c1. The van der Waals surface area contributed by atoms with E-state index in [2.05, 4.69) is 14.8 Å². The van der Waals surface area contributed by atoms with Gasteiger partial charge in [0.25, 0.3) is 16.0 Å². The van der Waals surface area contributed by atoms with Crippen LogP contribution in [-0.4, -0.2) is 23.0 Å². The Morgan fingerprint density at radius 1 is 1.11 bits per heavy atom. The molecule has 2 heterocycles. The number of benzene rings is 2. The molecule has 0 saturated heterocycles. The molecule has 0 fully saturated rings. The van der Waals surface area contributed by atoms with Gasteiger partial charge >= 0.3 is 0 Å². The molecule has 4 aromatic rings. The minimum atomic E-state index is -3.80. The lowest BCUT2D eigenvalue weighted by atomic mass is 10.2. The zero-order chi connectivity index (χ0) is 20.1. The second kappa shape index (κ2) is 7.04. The summed E-state index contributed by atoms with van der Waals surface area (Å²) in [6.07, 6.45) is 0. The Hall–Kier alpha value is -2.13. The molecule has 4 rings (SSSR count). The molecule has 10 heteroatoms. The van der Waals surface area contributed by atoms with Crippen LogP contribution in [0.3, 0.4) is 0 Å². The van der Waals surface area contributed by atoms with Gasteiger partial charge in [-0.3, -0.25) is 0 Å². The number of nitrogens with one attached hydrogen (secondary N) is 1. The summed E-state index contributed by atoms with van der Waals surface area (Å²) in [7, 11) is -3.80. The second-order valence-electron chi connectivity index (χ2n) is 6.25. The predicted molar refractivity (Wildman–Crippen MR) is 113 cm³/mol. The van der Waals surface area contributed by atoms with Gasteiger partial charge in [-0.05, 0) is 43.7 Å². The number of fused-ring (bicyclic) bond motifs is 1. The number of hydrogen-bond acceptors (Lipinski definition) is 5. The second-order valence-corrected chi connectivity index (χ2v) is 9.58. The predicted octanol–water partition coefficient (Wildman–Crippen LogP) is 5.18. The fourth-order valence-corrected chi connectivity index (χ4v) is 5.38. The average molecular weight is 453 g/mol. The van der Waals surface area contributed by atoms with Crippen molar-refractivity contribution >= 4 is 55.5 Å². The van der Waals surface area contributed by atoms with E-state index in [-0.39, 0.29) is 10.8 Å². The van der Waals surface area contributed by atoms with Gasteiger partial charge in [-0.15, -0.1) is 16.4 Å². The lowest BCUT2D eigenvalue weighted by Gasteiger charge is -2.08. The van der Waals surface area contributed by atoms with Gasteiger partial charge in [0.05, 0.1) is 15.6 Å². The first-order chi connectivity index (χ1) is 13.2. The Balaban J connectivity index is 1.72. The number of thiazole rings is 1. The first-order valence-corrected chi connectivity index (χ1v) is 11.3. The van der Waals surface area contributed by atoms with Gasteiger partial charge in [0.1, 0.15) is 0 Å². The van der Waals surface area contributed by atoms with Crippen molar-refractivity contribution in [2.24, 2.45) is 0 Å². The Morgan fingerprint density at radius 3 is 2.61 bits per heavy atom. The van der Waals surface area contributed by atoms with Crippen LogP contribution in [0.25, 0.3) is 16.2 Å². The topological polar surface area (TPSA) is 76.4 Å². The van der Waals surface area contributed by atoms with E-state index in [1.165, 1.54) is 11.3 Å². The van der Waals surface area contributed by atoms with Crippen LogP contribution in [0.4, 0.5) is 5.95 Å². The third-order valence-electron chi connectivity index (χ3n) is 4.13. The highest BCUT2D eigenvalue weighted by atomic mass is 35.5. The molecule has 0 bridgehead atoms. The Morgan fingerprint density at radius 2 is 1.89 bits per heavy atom. The molecular weight excluding hydrogens is 439 g/mol. The van der Waals surface area contributed by atoms with Crippen LogP contribution in [-0.2, 0) is 10.0 Å². The fourth-order valence-electron chi connectivity index (χ4n) is 2.88. The fraction of sp³-hybridized carbons (Fsp3) is 0.111. The van der Waals surface area contributed by atoms with E-state index in [0.29, 0.717) is 26.3 Å². The van der Waals surface area contributed by atoms with Crippen LogP contribution in [0.5, 0.6) is 0 Å². The van der Waals surface area contributed by atoms with Crippen molar-refractivity contribution in [2.45, 2.75) is 18.7 Å². The molecule has 0 atom stereocenters. The Kier molecular flexibility index (Phi) is 4.83. The average Bonchev–Trinajstić information content (AvgIpc) is 3.14. The number of nitrogens with zero attached hydrogens (tertiary/aromatic N) is 3. The maximum Gasteiger partial charge on any atom is 0.264 e. The van der Waals surface area contributed by atoms with Crippen molar-refractivity contribution in [3.8, 4) is 11.3 Å². The smallest absolute Gasteiger partial charge is 0.246 e. The molecule has 0 amide bonds. The van der Waals surface area contributed by atoms with Gasteiger partial charge in [0, 0.05) is 16.0 Å². The molecule has 0 unspecified atom stereocenters. The van der Waals surface area contributed by atoms with Crippen molar-refractivity contribution in [3.63, 3.8) is 0 Å². The van der Waals surface area contributed by atoms with Gasteiger partial charge < -0.3 is 0 Å². The highest BCUT2D eigenvalue weighted by Crippen LogP contribution is 2.33. The van der Waals surface area contributed by atoms with Crippen LogP contribution in [0.1, 0.15) is 11.1 Å². The highest BCUT2D eigenvalue weighted by Gasteiger charge is 2.21. The summed E-state index contributed by atoms with van der Waals surface area (Å²) in [6, 6.07) is 10.3. The quantitative estimate of drug-likeness (QED) is 0.462. The molecule has 6 nitrogen and oxygen atoms in total. The molecular formula is C18H14Cl2N4O2S2. The number of aromatic nitrogens is 3. The summed E-state index contributed by atoms with van der Waals surface area (Å²) < 4.78 is 29.5. The first-order valence-electron chi connectivity index (χ1n) is 8.14. The summed E-state index contributed by atoms with van der Waals surface area (Å²) >= 11 is 13.6. The van der Waals surface area contributed by atoms with Gasteiger partial charge in [-0.1, -0.05) is 40.9 Å². The molecule has 1 N–H and O–H groups in total. The van der Waals surface area contributed by atoms with Crippen LogP contribution >= 0.6 is 34.5 Å². The number of halogens is 2. The van der Waals surface area contributed by atoms with E-state index in [9.17, 15) is 8.42 Å². The minimum Gasteiger partial charge on any atom is -0.246 e. The summed E-state index contributed by atoms with van der Waals surface area (Å²) in [5, 5.41) is 7.16. The maximum absolute atomic E-state index is 12.7. The zero-order valence-corrected chi connectivity index (χ0v) is 17.9. The number of sulfonamides is 1. The zero-order valence-electron chi connectivity index (χ0n) is 14.8. The molecule has 0 aliphatic carbocycles. The number of anilines is 1. The maximum atomic E-state index is 12.7. The summed E-state index contributed by atoms with van der Waals surface area (Å²) in [4.78, 5) is 5.01. The number of aryl methyl sites for hydroxylation is 2. The van der Waals surface area contributed by atoms with E-state index in [4.69, 9.17) is 23.2 Å². The summed E-state index contributed by atoms with van der Waals surface area (Å²) in [5.41, 5.74) is 3.07. The Labute approximate surface area is 175 Å². The molecule has 2 aromatic heterocycles. The van der Waals surface area contributed by atoms with E-state index >= 15 is 0 Å². The summed E-state index contributed by atoms with van der Waals surface area (Å²) in [6.45, 7) is 3.66. The van der Waals surface area contributed by atoms with E-state index in [0.717, 1.165) is 11.1 Å². The van der Waals surface area contributed by atoms with Crippen LogP contribution in [0.2, 0.25) is 10.0 Å². The largest absolute Gasteiger partial charge is 0.264 e. The Bertz CT molecular complexity index is 1310. The van der Waals surface area contributed by atoms with E-state index in [1.54, 1.807) is 41.8 Å². The third-order valence-corrected chi connectivity index (χ3v) is 6.99. The molecule has 2 aromatic carbocycles. The van der Waals surface area contributed by atoms with Crippen LogP contribution in [0, 0.1) is 13.8 Å². The van der Waals surface area contributed by atoms with Crippen molar-refractivity contribution in [2.75, 3.05) is 4.72 Å². The molecule has 144 valence electrons. The highest BCUT2D eigenvalue weighted by molar-refractivity contribution is 7.92. The molecule has 0 saturated carbocycles. The lowest BCUT2D eigenvalue weighted by Crippen LogP contribution is -2.15. The molecule has 28 heavy (non-hydrogen) atoms. The van der Waals surface area contributed by atoms with Crippen molar-refractivity contribution in [3.05, 3.63) is 63.0 Å². The molecule has 0 aliphatic rings. The number of rotatable bonds is 4. The molecule has 0 aliphatic heterocycles. The van der Waals surface area contributed by atoms with Gasteiger partial charge in [-0.2, -0.15) is 4.98 Å². The van der Waals surface area contributed by atoms with Crippen LogP contribution in [0.15, 0.2) is 46.7 Å². The van der Waals surface area contributed by atoms with Crippen LogP contribution < -0.4 is 4.72 Å². The van der Waals surface area contributed by atoms with Crippen molar-refractivity contribution in [1.29, 1.82) is 0 Å². The molecule has 0 spiro atoms. The summed E-state index contributed by atoms with van der Waals surface area (Å²) in [5.74, 6) is -0.00170. The number of hydrogen-bond donors (Lipinski definition) is 1.